The molecule has 0 fully saturated rings. The molecule has 13 nitrogen and oxygen atoms in total. The Bertz CT molecular complexity index is 1430. The maximum absolute atomic E-state index is 12.6. The maximum Gasteiger partial charge on any atom is 0.318 e. The Morgan fingerprint density at radius 2 is 1.69 bits per heavy atom. The third kappa shape index (κ3) is 7.31. The number of ether oxygens (including phenoxy) is 4. The lowest BCUT2D eigenvalue weighted by Gasteiger charge is -2.13. The number of rotatable bonds is 12. The predicted octanol–water partition coefficient (Wildman–Crippen LogP) is 5.47. The maximum atomic E-state index is 12.6. The summed E-state index contributed by atoms with van der Waals surface area (Å²) >= 11 is 1.94. The number of nitrogens with one attached hydrogen (secondary N) is 1. The second kappa shape index (κ2) is 13.4. The van der Waals surface area contributed by atoms with E-state index in [1.54, 1.807) is 30.3 Å². The van der Waals surface area contributed by atoms with E-state index in [1.165, 1.54) is 20.4 Å². The quantitative estimate of drug-likeness (QED) is 0.116. The number of non-ortho nitro benzene ring substituents is 1. The Labute approximate surface area is 236 Å². The van der Waals surface area contributed by atoms with Gasteiger partial charge in [-0.05, 0) is 71.0 Å². The zero-order chi connectivity index (χ0) is 28.5. The molecular formula is C25H23IN4O9. The highest BCUT2D eigenvalue weighted by Gasteiger charge is 2.23. The van der Waals surface area contributed by atoms with Crippen LogP contribution in [0.3, 0.4) is 0 Å². The predicted molar refractivity (Wildman–Crippen MR) is 149 cm³/mol. The Balaban J connectivity index is 1.79. The summed E-state index contributed by atoms with van der Waals surface area (Å²) in [7, 11) is 2.86. The molecule has 204 valence electrons. The lowest BCUT2D eigenvalue weighted by Crippen LogP contribution is -2.17. The molecule has 1 amide bonds. The molecule has 0 spiro atoms. The summed E-state index contributed by atoms with van der Waals surface area (Å²) in [4.78, 5) is 33.5. The summed E-state index contributed by atoms with van der Waals surface area (Å²) in [6.07, 6.45) is 2.21. The lowest BCUT2D eigenvalue weighted by atomic mass is 10.2. The van der Waals surface area contributed by atoms with Crippen molar-refractivity contribution in [3.05, 3.63) is 83.5 Å². The van der Waals surface area contributed by atoms with Gasteiger partial charge in [-0.2, -0.15) is 5.10 Å². The number of methoxy groups -OCH3 is 2. The first-order valence-electron chi connectivity index (χ1n) is 11.3. The molecule has 0 bridgehead atoms. The summed E-state index contributed by atoms with van der Waals surface area (Å²) in [5.74, 6) is 0.657. The molecule has 39 heavy (non-hydrogen) atoms. The zero-order valence-corrected chi connectivity index (χ0v) is 23.2. The third-order valence-electron chi connectivity index (χ3n) is 5.08. The Kier molecular flexibility index (Phi) is 9.97. The van der Waals surface area contributed by atoms with Gasteiger partial charge in [0.1, 0.15) is 0 Å². The van der Waals surface area contributed by atoms with Gasteiger partial charge in [-0.25, -0.2) is 5.43 Å². The molecule has 3 aromatic rings. The summed E-state index contributed by atoms with van der Waals surface area (Å²) in [6, 6.07) is 11.1. The molecular weight excluding hydrogens is 627 g/mol. The van der Waals surface area contributed by atoms with E-state index in [1.807, 2.05) is 29.5 Å². The van der Waals surface area contributed by atoms with Crippen LogP contribution in [0.4, 0.5) is 11.4 Å². The Morgan fingerprint density at radius 3 is 2.33 bits per heavy atom. The minimum absolute atomic E-state index is 0.161. The van der Waals surface area contributed by atoms with Crippen LogP contribution in [-0.2, 0) is 0 Å². The number of nitro benzene ring substituents is 2. The molecule has 0 aliphatic carbocycles. The summed E-state index contributed by atoms with van der Waals surface area (Å²) in [5, 5.41) is 26.4. The largest absolute Gasteiger partial charge is 0.493 e. The van der Waals surface area contributed by atoms with Gasteiger partial charge in [0.2, 0.25) is 5.75 Å². The van der Waals surface area contributed by atoms with Crippen molar-refractivity contribution in [2.75, 3.05) is 20.8 Å². The topological polar surface area (TPSA) is 165 Å². The van der Waals surface area contributed by atoms with Gasteiger partial charge in [-0.15, -0.1) is 0 Å². The van der Waals surface area contributed by atoms with Gasteiger partial charge in [-0.1, -0.05) is 6.92 Å². The SMILES string of the molecule is CCCOc1ccc(C(=O)N/N=C/c2cc(I)c(Oc3ccc([N+](=O)[O-])cc3[N+](=O)[O-])c(OC)c2)cc1OC. The first-order chi connectivity index (χ1) is 18.7. The highest BCUT2D eigenvalue weighted by Crippen LogP contribution is 2.41. The van der Waals surface area contributed by atoms with E-state index in [0.717, 1.165) is 24.6 Å². The summed E-state index contributed by atoms with van der Waals surface area (Å²) in [5.41, 5.74) is 2.27. The standard InChI is InChI=1S/C25H23IN4O9/c1-4-9-38-21-7-5-16(12-22(21)36-2)25(31)28-27-14-15-10-18(26)24(23(11-15)37-3)39-20-8-6-17(29(32)33)13-19(20)30(34)35/h5-8,10-14H,4,9H2,1-3H3,(H,28,31)/b27-14+. The van der Waals surface area contributed by atoms with Gasteiger partial charge in [0, 0.05) is 11.6 Å². The van der Waals surface area contributed by atoms with Crippen LogP contribution in [0.15, 0.2) is 53.6 Å². The van der Waals surface area contributed by atoms with E-state index in [9.17, 15) is 25.0 Å². The van der Waals surface area contributed by atoms with Crippen molar-refractivity contribution in [1.82, 2.24) is 5.43 Å². The average molecular weight is 650 g/mol. The van der Waals surface area contributed by atoms with Crippen LogP contribution in [0.1, 0.15) is 29.3 Å². The van der Waals surface area contributed by atoms with Crippen LogP contribution in [0, 0.1) is 23.8 Å². The lowest BCUT2D eigenvalue weighted by molar-refractivity contribution is -0.394. The highest BCUT2D eigenvalue weighted by atomic mass is 127. The summed E-state index contributed by atoms with van der Waals surface area (Å²) < 4.78 is 22.5. The van der Waals surface area contributed by atoms with Crippen LogP contribution in [0.25, 0.3) is 0 Å². The number of hydrogen-bond acceptors (Lipinski definition) is 10. The molecule has 3 aromatic carbocycles. The van der Waals surface area contributed by atoms with E-state index < -0.39 is 27.1 Å². The molecule has 0 unspecified atom stereocenters. The fourth-order valence-electron chi connectivity index (χ4n) is 3.24. The van der Waals surface area contributed by atoms with E-state index >= 15 is 0 Å². The van der Waals surface area contributed by atoms with Gasteiger partial charge in [0.05, 0.1) is 46.5 Å². The second-order valence-electron chi connectivity index (χ2n) is 7.72. The summed E-state index contributed by atoms with van der Waals surface area (Å²) in [6.45, 7) is 2.50. The first kappa shape index (κ1) is 29.1. The number of carbonyl (C=O) groups excluding carboxylic acids is 1. The van der Waals surface area contributed by atoms with Gasteiger partial charge < -0.3 is 18.9 Å². The molecule has 0 aromatic heterocycles. The number of carbonyl (C=O) groups is 1. The second-order valence-corrected chi connectivity index (χ2v) is 8.88. The monoisotopic (exact) mass is 650 g/mol. The van der Waals surface area contributed by atoms with Crippen molar-refractivity contribution >= 4 is 46.1 Å². The minimum atomic E-state index is -0.771. The number of halogens is 1. The fraction of sp³-hybridized carbons (Fsp3) is 0.200. The van der Waals surface area contributed by atoms with Crippen molar-refractivity contribution in [1.29, 1.82) is 0 Å². The number of benzene rings is 3. The molecule has 14 heteroatoms. The van der Waals surface area contributed by atoms with Gasteiger partial charge in [-0.3, -0.25) is 25.0 Å². The first-order valence-corrected chi connectivity index (χ1v) is 12.4. The van der Waals surface area contributed by atoms with Gasteiger partial charge >= 0.3 is 5.69 Å². The Hall–Kier alpha value is -4.47. The minimum Gasteiger partial charge on any atom is -0.493 e. The normalized spacial score (nSPS) is 10.7. The van der Waals surface area contributed by atoms with Crippen molar-refractivity contribution < 1.29 is 33.6 Å². The van der Waals surface area contributed by atoms with Crippen LogP contribution in [0.5, 0.6) is 28.7 Å². The zero-order valence-electron chi connectivity index (χ0n) is 21.0. The van der Waals surface area contributed by atoms with Crippen LogP contribution in [0.2, 0.25) is 0 Å². The van der Waals surface area contributed by atoms with E-state index in [0.29, 0.717) is 32.8 Å². The van der Waals surface area contributed by atoms with E-state index in [-0.39, 0.29) is 17.2 Å². The van der Waals surface area contributed by atoms with Gasteiger partial charge in [0.15, 0.2) is 23.0 Å². The molecule has 0 radical (unpaired) electrons. The molecule has 1 N–H and O–H groups in total. The molecule has 0 atom stereocenters. The molecule has 3 rings (SSSR count). The number of nitrogens with zero attached hydrogens (tertiary/aromatic N) is 3. The van der Waals surface area contributed by atoms with Crippen molar-refractivity contribution in [2.24, 2.45) is 5.10 Å². The fourth-order valence-corrected chi connectivity index (χ4v) is 3.98. The molecule has 0 saturated heterocycles. The third-order valence-corrected chi connectivity index (χ3v) is 5.88. The van der Waals surface area contributed by atoms with Crippen molar-refractivity contribution in [2.45, 2.75) is 13.3 Å². The number of amides is 1. The number of hydrogen-bond donors (Lipinski definition) is 1. The molecule has 0 saturated carbocycles. The number of nitro groups is 2. The average Bonchev–Trinajstić information content (AvgIpc) is 2.92. The molecule has 0 aliphatic heterocycles. The van der Waals surface area contributed by atoms with Crippen molar-refractivity contribution in [3.8, 4) is 28.7 Å². The number of hydrazone groups is 1. The van der Waals surface area contributed by atoms with Crippen LogP contribution < -0.4 is 24.4 Å². The van der Waals surface area contributed by atoms with Gasteiger partial charge in [0.25, 0.3) is 11.6 Å². The highest BCUT2D eigenvalue weighted by molar-refractivity contribution is 14.1. The molecule has 0 heterocycles. The van der Waals surface area contributed by atoms with Crippen molar-refractivity contribution in [3.63, 3.8) is 0 Å². The smallest absolute Gasteiger partial charge is 0.318 e. The molecule has 0 aliphatic rings. The van der Waals surface area contributed by atoms with E-state index in [4.69, 9.17) is 18.9 Å². The van der Waals surface area contributed by atoms with Crippen LogP contribution >= 0.6 is 22.6 Å². The van der Waals surface area contributed by atoms with Crippen LogP contribution in [-0.4, -0.2) is 42.8 Å². The Morgan fingerprint density at radius 1 is 0.974 bits per heavy atom. The van der Waals surface area contributed by atoms with E-state index in [2.05, 4.69) is 10.5 Å².